The Morgan fingerprint density at radius 1 is 1.16 bits per heavy atom. The van der Waals surface area contributed by atoms with Crippen LogP contribution in [0.4, 0.5) is 0 Å². The maximum Gasteiger partial charge on any atom is 0.345 e. The van der Waals surface area contributed by atoms with Crippen LogP contribution >= 0.6 is 0 Å². The minimum Gasteiger partial charge on any atom is -0.298 e. The lowest BCUT2D eigenvalue weighted by atomic mass is 9.53. The molecular weight excluding hydrogens is 388 g/mol. The molecule has 1 heterocycles. The fourth-order valence-electron chi connectivity index (χ4n) is 7.56. The summed E-state index contributed by atoms with van der Waals surface area (Å²) in [6.07, 6.45) is 11.9. The number of fused-ring (bicyclic) bond motifs is 1. The predicted octanol–water partition coefficient (Wildman–Crippen LogP) is 6.68. The molecule has 0 unspecified atom stereocenters. The maximum atomic E-state index is 12.1. The van der Waals surface area contributed by atoms with Crippen LogP contribution in [0, 0.1) is 40.9 Å². The molecule has 0 N–H and O–H groups in total. The van der Waals surface area contributed by atoms with Crippen LogP contribution in [0.15, 0.2) is 12.7 Å². The first-order chi connectivity index (χ1) is 14.6. The van der Waals surface area contributed by atoms with E-state index in [1.807, 2.05) is 6.92 Å². The summed E-state index contributed by atoms with van der Waals surface area (Å²) in [5.41, 5.74) is -0.253. The summed E-state index contributed by atoms with van der Waals surface area (Å²) < 4.78 is 0. The predicted molar refractivity (Wildman–Crippen MR) is 123 cm³/mol. The summed E-state index contributed by atoms with van der Waals surface area (Å²) in [5, 5.41) is 0. The van der Waals surface area contributed by atoms with E-state index in [9.17, 15) is 9.59 Å². The number of rotatable bonds is 10. The Balaban J connectivity index is 1.78. The van der Waals surface area contributed by atoms with E-state index in [-0.39, 0.29) is 17.7 Å². The van der Waals surface area contributed by atoms with Crippen molar-refractivity contribution in [1.29, 1.82) is 0 Å². The van der Waals surface area contributed by atoms with Gasteiger partial charge in [-0.05, 0) is 86.0 Å². The average molecular weight is 433 g/mol. The third-order valence-corrected chi connectivity index (χ3v) is 9.19. The molecule has 2 aliphatic carbocycles. The van der Waals surface area contributed by atoms with E-state index in [1.165, 1.54) is 44.6 Å². The Labute approximate surface area is 189 Å². The summed E-state index contributed by atoms with van der Waals surface area (Å²) in [7, 11) is 0. The van der Waals surface area contributed by atoms with Gasteiger partial charge in [-0.3, -0.25) is 9.68 Å². The van der Waals surface area contributed by atoms with Crippen LogP contribution in [0.25, 0.3) is 0 Å². The molecule has 176 valence electrons. The lowest BCUT2D eigenvalue weighted by Crippen LogP contribution is -2.50. The molecule has 1 aliphatic heterocycles. The first-order valence-electron chi connectivity index (χ1n) is 12.6. The summed E-state index contributed by atoms with van der Waals surface area (Å²) in [5.74, 6) is 3.34. The monoisotopic (exact) mass is 432 g/mol. The smallest absolute Gasteiger partial charge is 0.298 e. The fourth-order valence-corrected chi connectivity index (χ4v) is 7.56. The highest BCUT2D eigenvalue weighted by Gasteiger charge is 2.59. The number of hydrogen-bond donors (Lipinski definition) is 0. The Hall–Kier alpha value is -1.16. The van der Waals surface area contributed by atoms with Crippen molar-refractivity contribution in [2.75, 3.05) is 0 Å². The van der Waals surface area contributed by atoms with Crippen molar-refractivity contribution in [2.24, 2.45) is 40.9 Å². The van der Waals surface area contributed by atoms with Crippen LogP contribution in [0.1, 0.15) is 98.8 Å². The highest BCUT2D eigenvalue weighted by molar-refractivity contribution is 5.88. The molecular formula is C27H44O4. The molecule has 3 rings (SSSR count). The quantitative estimate of drug-likeness (QED) is 0.285. The van der Waals surface area contributed by atoms with Crippen molar-refractivity contribution < 1.29 is 19.4 Å². The summed E-state index contributed by atoms with van der Waals surface area (Å²) in [6, 6.07) is 0. The molecule has 0 aromatic carbocycles. The van der Waals surface area contributed by atoms with Crippen molar-refractivity contribution in [1.82, 2.24) is 0 Å². The zero-order valence-corrected chi connectivity index (χ0v) is 20.5. The second-order valence-corrected chi connectivity index (χ2v) is 11.6. The molecule has 7 atom stereocenters. The van der Waals surface area contributed by atoms with Crippen molar-refractivity contribution in [3.63, 3.8) is 0 Å². The first-order valence-corrected chi connectivity index (χ1v) is 12.6. The van der Waals surface area contributed by atoms with Gasteiger partial charge < -0.3 is 0 Å². The van der Waals surface area contributed by atoms with E-state index in [2.05, 4.69) is 34.3 Å². The summed E-state index contributed by atoms with van der Waals surface area (Å²) >= 11 is 0. The molecule has 0 bridgehead atoms. The average Bonchev–Trinajstić information content (AvgIpc) is 3.24. The van der Waals surface area contributed by atoms with Gasteiger partial charge in [-0.15, -0.1) is 0 Å². The number of allylic oxidation sites excluding steroid dienone is 1. The van der Waals surface area contributed by atoms with Crippen LogP contribution in [0.5, 0.6) is 0 Å². The van der Waals surface area contributed by atoms with Crippen molar-refractivity contribution in [2.45, 2.75) is 104 Å². The van der Waals surface area contributed by atoms with Crippen molar-refractivity contribution in [3.8, 4) is 0 Å². The Morgan fingerprint density at radius 3 is 2.52 bits per heavy atom. The number of carbonyl (C=O) groups excluding carboxylic acids is 2. The van der Waals surface area contributed by atoms with E-state index >= 15 is 0 Å². The third kappa shape index (κ3) is 5.10. The Bertz CT molecular complexity index is 670. The summed E-state index contributed by atoms with van der Waals surface area (Å²) in [4.78, 5) is 34.6. The van der Waals surface area contributed by atoms with Crippen LogP contribution in [-0.4, -0.2) is 17.4 Å². The molecule has 0 spiro atoms. The third-order valence-electron chi connectivity index (χ3n) is 9.19. The van der Waals surface area contributed by atoms with Gasteiger partial charge >= 0.3 is 5.97 Å². The topological polar surface area (TPSA) is 52.6 Å². The second kappa shape index (κ2) is 9.77. The van der Waals surface area contributed by atoms with Gasteiger partial charge in [0.25, 0.3) is 0 Å². The lowest BCUT2D eigenvalue weighted by molar-refractivity contribution is -0.309. The van der Waals surface area contributed by atoms with E-state index in [0.717, 1.165) is 30.6 Å². The fraction of sp³-hybridized carbons (Fsp3) is 0.852. The van der Waals surface area contributed by atoms with Gasteiger partial charge in [-0.1, -0.05) is 53.5 Å². The lowest BCUT2D eigenvalue weighted by Gasteiger charge is -2.52. The molecule has 3 aliphatic rings. The zero-order valence-electron chi connectivity index (χ0n) is 20.5. The van der Waals surface area contributed by atoms with E-state index < -0.39 is 5.60 Å². The molecule has 4 nitrogen and oxygen atoms in total. The van der Waals surface area contributed by atoms with E-state index in [0.29, 0.717) is 30.1 Å². The van der Waals surface area contributed by atoms with Crippen LogP contribution < -0.4 is 0 Å². The van der Waals surface area contributed by atoms with Gasteiger partial charge in [0.2, 0.25) is 0 Å². The number of hydrogen-bond acceptors (Lipinski definition) is 4. The van der Waals surface area contributed by atoms with Gasteiger partial charge in [0, 0.05) is 6.42 Å². The first kappa shape index (κ1) is 24.5. The van der Waals surface area contributed by atoms with Crippen molar-refractivity contribution in [3.05, 3.63) is 12.7 Å². The Kier molecular flexibility index (Phi) is 7.71. The standard InChI is InChI=1S/C27H44O4/c1-7-20(28)11-12-21-23-14-13-22(19(4)10-8-9-18(2)3)26(23,5)16-15-24(21)27(6)17-25(29)30-31-27/h7,18-19,21-24H,1,8-17H2,2-6H3/t19-,21+,22-,23+,24+,26-,27+/m1/s1. The van der Waals surface area contributed by atoms with Crippen LogP contribution in [-0.2, 0) is 19.4 Å². The highest BCUT2D eigenvalue weighted by atomic mass is 17.2. The highest BCUT2D eigenvalue weighted by Crippen LogP contribution is 2.64. The number of carbonyl (C=O) groups is 2. The molecule has 1 saturated heterocycles. The van der Waals surface area contributed by atoms with Gasteiger partial charge in [0.1, 0.15) is 5.60 Å². The molecule has 0 radical (unpaired) electrons. The normalized spacial score (nSPS) is 38.7. The van der Waals surface area contributed by atoms with Crippen molar-refractivity contribution >= 4 is 11.8 Å². The zero-order chi connectivity index (χ0) is 22.8. The van der Waals surface area contributed by atoms with Gasteiger partial charge in [0.05, 0.1) is 6.42 Å². The van der Waals surface area contributed by atoms with Gasteiger partial charge in [-0.2, -0.15) is 4.89 Å². The van der Waals surface area contributed by atoms with Crippen LogP contribution in [0.2, 0.25) is 0 Å². The minimum atomic E-state index is -0.568. The minimum absolute atomic E-state index is 0.118. The molecule has 0 aromatic heterocycles. The molecule has 4 heteroatoms. The molecule has 3 fully saturated rings. The van der Waals surface area contributed by atoms with E-state index in [4.69, 9.17) is 9.78 Å². The largest absolute Gasteiger partial charge is 0.345 e. The van der Waals surface area contributed by atoms with E-state index in [1.54, 1.807) is 0 Å². The summed E-state index contributed by atoms with van der Waals surface area (Å²) in [6.45, 7) is 15.3. The maximum absolute atomic E-state index is 12.1. The van der Waals surface area contributed by atoms with Gasteiger partial charge in [0.15, 0.2) is 5.78 Å². The molecule has 31 heavy (non-hydrogen) atoms. The molecule has 0 amide bonds. The van der Waals surface area contributed by atoms with Gasteiger partial charge in [-0.25, -0.2) is 4.79 Å². The molecule has 0 aromatic rings. The second-order valence-electron chi connectivity index (χ2n) is 11.6. The van der Waals surface area contributed by atoms with Crippen LogP contribution in [0.3, 0.4) is 0 Å². The SMILES string of the molecule is C=CC(=O)CC[C@H]1[C@@H]2CC[C@H]([C@H](C)CCCC(C)C)[C@@]2(C)CC[C@@H]1[C@]1(C)CC(=O)OO1. The Morgan fingerprint density at radius 2 is 1.90 bits per heavy atom. The molecule has 2 saturated carbocycles. The number of ketones is 1.